The van der Waals surface area contributed by atoms with Crippen molar-refractivity contribution in [2.24, 2.45) is 0 Å². The summed E-state index contributed by atoms with van der Waals surface area (Å²) >= 11 is 0. The SMILES string of the molecule is CCOC(=O)CCc1cccc(C2=Cc3cc4ccc(cc5ccc(cc6nc(cc2n3)C=C6)[nH]5)[nH]4)c1. The first-order valence-corrected chi connectivity index (χ1v) is 12.4. The third-order valence-electron chi connectivity index (χ3n) is 6.33. The number of aryl methyl sites for hydroxylation is 1. The lowest BCUT2D eigenvalue weighted by Gasteiger charge is -2.07. The van der Waals surface area contributed by atoms with Crippen LogP contribution < -0.4 is 0 Å². The van der Waals surface area contributed by atoms with Gasteiger partial charge in [-0.25, -0.2) is 9.97 Å². The van der Waals surface area contributed by atoms with Gasteiger partial charge in [0.15, 0.2) is 0 Å². The lowest BCUT2D eigenvalue weighted by Crippen LogP contribution is -2.05. The maximum atomic E-state index is 11.9. The number of H-pyrrole nitrogens is 2. The van der Waals surface area contributed by atoms with E-state index in [-0.39, 0.29) is 5.97 Å². The summed E-state index contributed by atoms with van der Waals surface area (Å²) in [4.78, 5) is 28.5. The van der Waals surface area contributed by atoms with Crippen LogP contribution in [-0.4, -0.2) is 32.5 Å². The highest BCUT2D eigenvalue weighted by atomic mass is 16.5. The maximum Gasteiger partial charge on any atom is 0.306 e. The summed E-state index contributed by atoms with van der Waals surface area (Å²) in [6.45, 7) is 2.23. The zero-order valence-electron chi connectivity index (χ0n) is 20.5. The molecule has 8 bridgehead atoms. The van der Waals surface area contributed by atoms with Gasteiger partial charge in [0, 0.05) is 34.1 Å². The molecule has 0 aliphatic carbocycles. The van der Waals surface area contributed by atoms with Gasteiger partial charge in [-0.3, -0.25) is 4.79 Å². The molecule has 6 heteroatoms. The van der Waals surface area contributed by atoms with Crippen molar-refractivity contribution in [3.8, 4) is 0 Å². The average molecular weight is 487 g/mol. The number of ether oxygens (including phenoxy) is 1. The number of benzene rings is 1. The van der Waals surface area contributed by atoms with Gasteiger partial charge >= 0.3 is 5.97 Å². The molecular weight excluding hydrogens is 460 g/mol. The Morgan fingerprint density at radius 3 is 2.19 bits per heavy atom. The molecule has 2 aliphatic heterocycles. The van der Waals surface area contributed by atoms with E-state index in [0.717, 1.165) is 61.5 Å². The minimum Gasteiger partial charge on any atom is -0.466 e. The number of aromatic nitrogens is 4. The molecule has 4 aromatic rings. The number of hydrogen-bond donors (Lipinski definition) is 2. The Kier molecular flexibility index (Phi) is 5.98. The minimum absolute atomic E-state index is 0.175. The second-order valence-electron chi connectivity index (χ2n) is 9.10. The molecule has 0 atom stereocenters. The number of nitrogens with zero attached hydrogens (tertiary/aromatic N) is 2. The van der Waals surface area contributed by atoms with E-state index in [2.05, 4.69) is 58.5 Å². The predicted molar refractivity (Wildman–Crippen MR) is 148 cm³/mol. The molecule has 2 N–H and O–H groups in total. The lowest BCUT2D eigenvalue weighted by atomic mass is 9.99. The summed E-state index contributed by atoms with van der Waals surface area (Å²) in [6, 6.07) is 24.7. The summed E-state index contributed by atoms with van der Waals surface area (Å²) in [5, 5.41) is 0. The van der Waals surface area contributed by atoms with E-state index in [9.17, 15) is 4.79 Å². The first-order valence-electron chi connectivity index (χ1n) is 12.4. The van der Waals surface area contributed by atoms with E-state index in [0.29, 0.717) is 19.4 Å². The third kappa shape index (κ3) is 5.14. The Morgan fingerprint density at radius 1 is 0.784 bits per heavy atom. The highest BCUT2D eigenvalue weighted by Gasteiger charge is 2.14. The number of carbonyl (C=O) groups is 1. The van der Waals surface area contributed by atoms with Gasteiger partial charge in [0.05, 0.1) is 29.4 Å². The van der Waals surface area contributed by atoms with Crippen LogP contribution in [0.5, 0.6) is 0 Å². The third-order valence-corrected chi connectivity index (χ3v) is 6.33. The standard InChI is InChI=1S/C31H26N4O2/c1-2-37-31(36)13-6-20-4-3-5-21(14-20)29-18-28-17-26-10-9-24(33-26)15-22-7-8-23(32-22)16-25-11-12-27(34-25)19-30(29)35-28/h3-5,7-12,14-19,32-33H,2,6,13H2,1H3. The van der Waals surface area contributed by atoms with Crippen molar-refractivity contribution in [3.63, 3.8) is 0 Å². The Labute approximate surface area is 214 Å². The number of carbonyl (C=O) groups excluding carboxylic acids is 1. The van der Waals surface area contributed by atoms with E-state index in [4.69, 9.17) is 14.7 Å². The van der Waals surface area contributed by atoms with E-state index >= 15 is 0 Å². The fourth-order valence-corrected chi connectivity index (χ4v) is 4.62. The molecule has 0 saturated carbocycles. The van der Waals surface area contributed by atoms with Gasteiger partial charge in [-0.15, -0.1) is 0 Å². The van der Waals surface area contributed by atoms with Crippen molar-refractivity contribution in [1.29, 1.82) is 0 Å². The molecule has 0 fully saturated rings. The Hall–Kier alpha value is -4.71. The first-order chi connectivity index (χ1) is 18.1. The van der Waals surface area contributed by atoms with Crippen molar-refractivity contribution in [2.45, 2.75) is 19.8 Å². The highest BCUT2D eigenvalue weighted by molar-refractivity contribution is 5.93. The number of hydrogen-bond acceptors (Lipinski definition) is 4. The van der Waals surface area contributed by atoms with Crippen LogP contribution in [0.25, 0.3) is 45.9 Å². The van der Waals surface area contributed by atoms with Crippen LogP contribution in [0.3, 0.4) is 0 Å². The van der Waals surface area contributed by atoms with Gasteiger partial charge in [0.2, 0.25) is 0 Å². The monoisotopic (exact) mass is 486 g/mol. The Balaban J connectivity index is 1.46. The van der Waals surface area contributed by atoms with Crippen LogP contribution >= 0.6 is 0 Å². The van der Waals surface area contributed by atoms with E-state index in [1.165, 1.54) is 0 Å². The molecule has 0 unspecified atom stereocenters. The van der Waals surface area contributed by atoms with Crippen LogP contribution in [0.15, 0.2) is 72.8 Å². The van der Waals surface area contributed by atoms with Gasteiger partial charge in [-0.1, -0.05) is 24.3 Å². The molecule has 1 aromatic carbocycles. The van der Waals surface area contributed by atoms with Crippen molar-refractivity contribution in [3.05, 3.63) is 107 Å². The molecule has 6 nitrogen and oxygen atoms in total. The zero-order chi connectivity index (χ0) is 25.2. The minimum atomic E-state index is -0.175. The topological polar surface area (TPSA) is 83.7 Å². The molecule has 182 valence electrons. The number of aromatic amines is 2. The van der Waals surface area contributed by atoms with Crippen molar-refractivity contribution in [1.82, 2.24) is 19.9 Å². The van der Waals surface area contributed by atoms with Gasteiger partial charge < -0.3 is 14.7 Å². The molecule has 6 rings (SSSR count). The first kappa shape index (κ1) is 22.7. The smallest absolute Gasteiger partial charge is 0.306 e. The quantitative estimate of drug-likeness (QED) is 0.270. The molecular formula is C31H26N4O2. The second kappa shape index (κ2) is 9.74. The van der Waals surface area contributed by atoms with Crippen molar-refractivity contribution < 1.29 is 9.53 Å². The Morgan fingerprint density at radius 2 is 1.46 bits per heavy atom. The molecule has 0 amide bonds. The van der Waals surface area contributed by atoms with E-state index in [1.807, 2.05) is 49.4 Å². The summed E-state index contributed by atoms with van der Waals surface area (Å²) in [5.41, 5.74) is 10.6. The van der Waals surface area contributed by atoms with Crippen molar-refractivity contribution >= 4 is 51.8 Å². The summed E-state index contributed by atoms with van der Waals surface area (Å²) in [5.74, 6) is -0.175. The van der Waals surface area contributed by atoms with Gasteiger partial charge in [0.25, 0.3) is 0 Å². The largest absolute Gasteiger partial charge is 0.466 e. The molecule has 2 aliphatic rings. The molecule has 0 radical (unpaired) electrons. The number of fused-ring (bicyclic) bond motifs is 8. The molecule has 37 heavy (non-hydrogen) atoms. The maximum absolute atomic E-state index is 11.9. The van der Waals surface area contributed by atoms with Crippen LogP contribution in [-0.2, 0) is 16.0 Å². The highest BCUT2D eigenvalue weighted by Crippen LogP contribution is 2.30. The Bertz CT molecular complexity index is 1720. The zero-order valence-corrected chi connectivity index (χ0v) is 20.5. The van der Waals surface area contributed by atoms with Crippen LogP contribution in [0.4, 0.5) is 0 Å². The normalized spacial score (nSPS) is 12.4. The lowest BCUT2D eigenvalue weighted by molar-refractivity contribution is -0.143. The fraction of sp³-hybridized carbons (Fsp3) is 0.129. The predicted octanol–water partition coefficient (Wildman–Crippen LogP) is 6.57. The summed E-state index contributed by atoms with van der Waals surface area (Å²) < 4.78 is 5.09. The van der Waals surface area contributed by atoms with E-state index < -0.39 is 0 Å². The summed E-state index contributed by atoms with van der Waals surface area (Å²) in [6.07, 6.45) is 7.11. The van der Waals surface area contributed by atoms with Crippen LogP contribution in [0.2, 0.25) is 0 Å². The summed E-state index contributed by atoms with van der Waals surface area (Å²) in [7, 11) is 0. The average Bonchev–Trinajstić information content (AvgIpc) is 3.69. The molecule has 3 aromatic heterocycles. The molecule has 5 heterocycles. The fourth-order valence-electron chi connectivity index (χ4n) is 4.62. The number of nitrogens with one attached hydrogen (secondary N) is 2. The molecule has 0 spiro atoms. The van der Waals surface area contributed by atoms with Crippen LogP contribution in [0.1, 0.15) is 47.2 Å². The van der Waals surface area contributed by atoms with E-state index in [1.54, 1.807) is 0 Å². The van der Waals surface area contributed by atoms with Gasteiger partial charge in [-0.2, -0.15) is 0 Å². The van der Waals surface area contributed by atoms with Crippen molar-refractivity contribution in [2.75, 3.05) is 6.61 Å². The van der Waals surface area contributed by atoms with Gasteiger partial charge in [-0.05, 0) is 91.2 Å². The number of esters is 1. The van der Waals surface area contributed by atoms with Gasteiger partial charge in [0.1, 0.15) is 0 Å². The number of rotatable bonds is 5. The second-order valence-corrected chi connectivity index (χ2v) is 9.10. The molecule has 0 saturated heterocycles. The van der Waals surface area contributed by atoms with Crippen LogP contribution in [0, 0.1) is 0 Å².